The van der Waals surface area contributed by atoms with Crippen molar-refractivity contribution in [1.29, 1.82) is 0 Å². The lowest BCUT2D eigenvalue weighted by atomic mass is 9.86. The normalized spacial score (nSPS) is 25.8. The van der Waals surface area contributed by atoms with E-state index in [9.17, 15) is 9.59 Å². The van der Waals surface area contributed by atoms with Crippen molar-refractivity contribution < 1.29 is 14.3 Å². The average molecular weight is 443 g/mol. The molecule has 156 valence electrons. The fourth-order valence-electron chi connectivity index (χ4n) is 3.87. The van der Waals surface area contributed by atoms with Gasteiger partial charge in [-0.2, -0.15) is 0 Å². The summed E-state index contributed by atoms with van der Waals surface area (Å²) in [4.78, 5) is 27.4. The number of amides is 1. The summed E-state index contributed by atoms with van der Waals surface area (Å²) in [5.41, 5.74) is 6.71. The smallest absolute Gasteiger partial charge is 0.319 e. The van der Waals surface area contributed by atoms with Gasteiger partial charge in [0.2, 0.25) is 5.91 Å². The number of hydrogen-bond donors (Lipinski definition) is 1. The van der Waals surface area contributed by atoms with Crippen LogP contribution in [0.4, 0.5) is 0 Å². The van der Waals surface area contributed by atoms with Crippen molar-refractivity contribution in [2.45, 2.75) is 17.5 Å². The van der Waals surface area contributed by atoms with E-state index in [0.29, 0.717) is 5.75 Å². The second-order valence-corrected chi connectivity index (χ2v) is 8.93. The Bertz CT molecular complexity index is 900. The van der Waals surface area contributed by atoms with Crippen LogP contribution >= 0.6 is 23.4 Å². The molecule has 2 aliphatic heterocycles. The summed E-state index contributed by atoms with van der Waals surface area (Å²) in [5, 5.41) is -0.0816. The van der Waals surface area contributed by atoms with E-state index in [-0.39, 0.29) is 29.7 Å². The molecule has 1 amide bonds. The summed E-state index contributed by atoms with van der Waals surface area (Å²) in [5.74, 6) is 0.252. The molecule has 2 aliphatic rings. The monoisotopic (exact) mass is 442 g/mol. The third kappa shape index (κ3) is 3.87. The largest absolute Gasteiger partial charge is 0.452 e. The third-order valence-electron chi connectivity index (χ3n) is 5.51. The van der Waals surface area contributed by atoms with Crippen LogP contribution in [0.3, 0.4) is 0 Å². The van der Waals surface area contributed by atoms with Crippen LogP contribution in [0.15, 0.2) is 72.8 Å². The second kappa shape index (κ2) is 8.84. The Balaban J connectivity index is 1.64. The first kappa shape index (κ1) is 21.0. The Kier molecular flexibility index (Phi) is 6.18. The van der Waals surface area contributed by atoms with Crippen molar-refractivity contribution in [2.75, 3.05) is 18.2 Å². The lowest BCUT2D eigenvalue weighted by Gasteiger charge is -2.52. The summed E-state index contributed by atoms with van der Waals surface area (Å²) in [6.45, 7) is 0.250. The molecule has 0 aromatic heterocycles. The highest BCUT2D eigenvalue weighted by Crippen LogP contribution is 2.44. The van der Waals surface area contributed by atoms with E-state index in [2.05, 4.69) is 0 Å². The third-order valence-corrected chi connectivity index (χ3v) is 7.26. The van der Waals surface area contributed by atoms with E-state index >= 15 is 0 Å². The Hall–Kier alpha value is -2.28. The predicted molar refractivity (Wildman–Crippen MR) is 119 cm³/mol. The number of carbonyl (C=O) groups excluding carboxylic acids is 2. The molecule has 5 nitrogen and oxygen atoms in total. The zero-order valence-corrected chi connectivity index (χ0v) is 17.9. The Labute approximate surface area is 185 Å². The van der Waals surface area contributed by atoms with Gasteiger partial charge in [-0.15, -0.1) is 23.4 Å². The van der Waals surface area contributed by atoms with Crippen molar-refractivity contribution in [3.8, 4) is 0 Å². The predicted octanol–water partition coefficient (Wildman–Crippen LogP) is 3.34. The van der Waals surface area contributed by atoms with Gasteiger partial charge < -0.3 is 15.4 Å². The van der Waals surface area contributed by atoms with Crippen LogP contribution in [0.2, 0.25) is 0 Å². The first-order chi connectivity index (χ1) is 14.6. The van der Waals surface area contributed by atoms with Crippen LogP contribution in [0.5, 0.6) is 0 Å². The number of alkyl halides is 1. The molecular weight excluding hydrogens is 420 g/mol. The quantitative estimate of drug-likeness (QED) is 0.321. The molecule has 3 atom stereocenters. The van der Waals surface area contributed by atoms with E-state index in [1.165, 1.54) is 11.8 Å². The van der Waals surface area contributed by atoms with Gasteiger partial charge in [-0.1, -0.05) is 72.8 Å². The number of rotatable bonds is 6. The minimum atomic E-state index is -0.965. The molecular formula is C23H23ClN2O3S. The molecule has 2 N–H and O–H groups in total. The van der Waals surface area contributed by atoms with E-state index in [1.807, 2.05) is 60.7 Å². The van der Waals surface area contributed by atoms with Crippen LogP contribution in [-0.4, -0.2) is 46.4 Å². The topological polar surface area (TPSA) is 72.6 Å². The van der Waals surface area contributed by atoms with Gasteiger partial charge in [0, 0.05) is 18.2 Å². The van der Waals surface area contributed by atoms with Crippen LogP contribution in [0.1, 0.15) is 17.2 Å². The summed E-state index contributed by atoms with van der Waals surface area (Å²) in [6.07, 6.45) is 2.99. The number of nitrogens with zero attached hydrogens (tertiary/aromatic N) is 1. The first-order valence-electron chi connectivity index (χ1n) is 9.78. The van der Waals surface area contributed by atoms with E-state index < -0.39 is 17.6 Å². The molecule has 2 saturated heterocycles. The molecule has 0 saturated carbocycles. The number of benzene rings is 2. The number of β-lactam (4-membered cyclic amide) rings is 1. The molecule has 2 aromatic carbocycles. The van der Waals surface area contributed by atoms with Gasteiger partial charge in [0.25, 0.3) is 0 Å². The number of hydrogen-bond acceptors (Lipinski definition) is 5. The number of nitrogens with two attached hydrogens (primary N) is 1. The fourth-order valence-corrected chi connectivity index (χ4v) is 5.41. The molecule has 2 heterocycles. The molecule has 2 unspecified atom stereocenters. The lowest BCUT2D eigenvalue weighted by molar-refractivity contribution is -0.161. The second-order valence-electron chi connectivity index (χ2n) is 7.51. The zero-order valence-electron chi connectivity index (χ0n) is 16.3. The lowest BCUT2D eigenvalue weighted by Crippen LogP contribution is -2.72. The van der Waals surface area contributed by atoms with Gasteiger partial charge >= 0.3 is 5.97 Å². The minimum absolute atomic E-state index is 0.0816. The Morgan fingerprint density at radius 1 is 1.20 bits per heavy atom. The molecule has 2 aromatic rings. The van der Waals surface area contributed by atoms with Crippen LogP contribution < -0.4 is 5.73 Å². The van der Waals surface area contributed by atoms with Crippen molar-refractivity contribution in [2.24, 2.45) is 11.1 Å². The number of ether oxygens (including phenoxy) is 1. The van der Waals surface area contributed by atoms with Crippen molar-refractivity contribution >= 4 is 35.2 Å². The number of fused-ring (bicyclic) bond motifs is 1. The van der Waals surface area contributed by atoms with Gasteiger partial charge in [0.1, 0.15) is 16.8 Å². The summed E-state index contributed by atoms with van der Waals surface area (Å²) >= 11 is 7.38. The SMILES string of the molecule is NC1C(=O)N2CC(C=CCCl)(C(=O)OC(c3ccccc3)c3ccccc3)CS[C@H]12. The highest BCUT2D eigenvalue weighted by Gasteiger charge is 2.55. The first-order valence-corrected chi connectivity index (χ1v) is 11.4. The van der Waals surface area contributed by atoms with E-state index in [0.717, 1.165) is 11.1 Å². The number of thioether (sulfide) groups is 1. The average Bonchev–Trinajstić information content (AvgIpc) is 2.81. The molecule has 4 rings (SSSR count). The molecule has 2 fully saturated rings. The number of esters is 1. The molecule has 7 heteroatoms. The molecule has 0 radical (unpaired) electrons. The molecule has 0 aliphatic carbocycles. The maximum atomic E-state index is 13.5. The number of allylic oxidation sites excluding steroid dienone is 1. The summed E-state index contributed by atoms with van der Waals surface area (Å²) in [6, 6.07) is 18.8. The maximum Gasteiger partial charge on any atom is 0.319 e. The van der Waals surface area contributed by atoms with Crippen molar-refractivity contribution in [3.63, 3.8) is 0 Å². The van der Waals surface area contributed by atoms with Gasteiger partial charge in [0.05, 0.1) is 0 Å². The highest BCUT2D eigenvalue weighted by molar-refractivity contribution is 8.00. The van der Waals surface area contributed by atoms with Crippen LogP contribution in [0.25, 0.3) is 0 Å². The molecule has 0 bridgehead atoms. The van der Waals surface area contributed by atoms with Crippen LogP contribution in [-0.2, 0) is 14.3 Å². The standard InChI is InChI=1S/C23H23ClN2O3S/c24-13-7-12-23(14-26-20(27)18(25)21(26)30-15-23)22(28)29-19(16-8-3-1-4-9-16)17-10-5-2-6-11-17/h1-12,18-19,21H,13-15,25H2/t18?,21-,23?/m1/s1. The Morgan fingerprint density at radius 3 is 2.37 bits per heavy atom. The van der Waals surface area contributed by atoms with Gasteiger partial charge in [-0.25, -0.2) is 0 Å². The Morgan fingerprint density at radius 2 is 1.80 bits per heavy atom. The van der Waals surface area contributed by atoms with Crippen molar-refractivity contribution in [1.82, 2.24) is 4.90 Å². The molecule has 30 heavy (non-hydrogen) atoms. The molecule has 0 spiro atoms. The van der Waals surface area contributed by atoms with Gasteiger partial charge in [0.15, 0.2) is 6.10 Å². The fraction of sp³-hybridized carbons (Fsp3) is 0.304. The number of carbonyl (C=O) groups is 2. The van der Waals surface area contributed by atoms with Crippen molar-refractivity contribution in [3.05, 3.63) is 83.9 Å². The van der Waals surface area contributed by atoms with Crippen LogP contribution in [0, 0.1) is 5.41 Å². The zero-order chi connectivity index (χ0) is 21.1. The summed E-state index contributed by atoms with van der Waals surface area (Å²) in [7, 11) is 0. The van der Waals surface area contributed by atoms with Gasteiger partial charge in [-0.05, 0) is 11.1 Å². The van der Waals surface area contributed by atoms with E-state index in [4.69, 9.17) is 22.1 Å². The number of halogens is 1. The highest BCUT2D eigenvalue weighted by atomic mass is 35.5. The van der Waals surface area contributed by atoms with E-state index in [1.54, 1.807) is 17.1 Å². The maximum absolute atomic E-state index is 13.5. The minimum Gasteiger partial charge on any atom is -0.452 e. The summed E-state index contributed by atoms with van der Waals surface area (Å²) < 4.78 is 6.12. The van der Waals surface area contributed by atoms with Gasteiger partial charge in [-0.3, -0.25) is 9.59 Å².